The van der Waals surface area contributed by atoms with Crippen LogP contribution in [0.1, 0.15) is 41.5 Å². The summed E-state index contributed by atoms with van der Waals surface area (Å²) in [6.45, 7) is 24.2. The van der Waals surface area contributed by atoms with Crippen molar-refractivity contribution in [1.29, 1.82) is 0 Å². The average molecular weight is 590 g/mol. The maximum atomic E-state index is 3.87. The summed E-state index contributed by atoms with van der Waals surface area (Å²) >= 11 is 7.74. The molecule has 3 aliphatic rings. The standard InChI is InChI=1S/C20H46N6P2Se2/c1-19(2,3)23-27(29,21-11-15-25(7,8)16-12-21)24(20(4,5)6)28(23,30)22-13-17-26(9,10)18-14-22/h11-18H2,1-10H3/q+2. The predicted molar refractivity (Wildman–Crippen MR) is 135 cm³/mol. The number of likely N-dealkylation sites (N-methyl/N-ethyl adjacent to an activating group) is 2. The van der Waals surface area contributed by atoms with Crippen LogP contribution in [-0.4, -0.2) is 149 Å². The topological polar surface area (TPSA) is 13.0 Å². The van der Waals surface area contributed by atoms with Crippen molar-refractivity contribution in [1.82, 2.24) is 18.2 Å². The molecule has 0 saturated carbocycles. The molecule has 0 radical (unpaired) electrons. The minimum atomic E-state index is -1.72. The Labute approximate surface area is 201 Å². The van der Waals surface area contributed by atoms with Gasteiger partial charge in [0.1, 0.15) is 0 Å². The number of hydrogen-bond donors (Lipinski definition) is 0. The second-order valence-corrected chi connectivity index (χ2v) is 24.2. The normalized spacial score (nSPS) is 37.1. The molecule has 0 aromatic heterocycles. The monoisotopic (exact) mass is 592 g/mol. The average Bonchev–Trinajstić information content (AvgIpc) is 2.50. The predicted octanol–water partition coefficient (Wildman–Crippen LogP) is 2.68. The molecule has 6 nitrogen and oxygen atoms in total. The van der Waals surface area contributed by atoms with Gasteiger partial charge in [0.05, 0.1) is 0 Å². The molecule has 10 heteroatoms. The molecule has 0 N–H and O–H groups in total. The first kappa shape index (κ1) is 26.3. The fourth-order valence-corrected chi connectivity index (χ4v) is 35.2. The van der Waals surface area contributed by atoms with E-state index in [1.807, 2.05) is 0 Å². The summed E-state index contributed by atoms with van der Waals surface area (Å²) in [7, 11) is 9.52. The summed E-state index contributed by atoms with van der Waals surface area (Å²) in [5.41, 5.74) is 0.229. The molecule has 30 heavy (non-hydrogen) atoms. The van der Waals surface area contributed by atoms with E-state index in [0.29, 0.717) is 0 Å². The van der Waals surface area contributed by atoms with Gasteiger partial charge in [-0.1, -0.05) is 0 Å². The fraction of sp³-hybridized carbons (Fsp3) is 1.00. The van der Waals surface area contributed by atoms with Crippen molar-refractivity contribution in [2.45, 2.75) is 52.6 Å². The van der Waals surface area contributed by atoms with Crippen LogP contribution in [0, 0.1) is 0 Å². The van der Waals surface area contributed by atoms with E-state index in [-0.39, 0.29) is 11.1 Å². The summed E-state index contributed by atoms with van der Waals surface area (Å²) in [4.78, 5) is 0. The zero-order valence-corrected chi connectivity index (χ0v) is 26.3. The first-order valence-electron chi connectivity index (χ1n) is 11.3. The Morgan fingerprint density at radius 3 is 1.00 bits per heavy atom. The van der Waals surface area contributed by atoms with Crippen LogP contribution in [0.5, 0.6) is 0 Å². The van der Waals surface area contributed by atoms with Gasteiger partial charge in [-0.3, -0.25) is 0 Å². The number of quaternary nitrogens is 2. The van der Waals surface area contributed by atoms with Crippen molar-refractivity contribution in [3.05, 3.63) is 0 Å². The molecule has 0 atom stereocenters. The van der Waals surface area contributed by atoms with Gasteiger partial charge in [-0.2, -0.15) is 0 Å². The van der Waals surface area contributed by atoms with Gasteiger partial charge in [0.2, 0.25) is 0 Å². The number of hydrogen-bond acceptors (Lipinski definition) is 4. The Balaban J connectivity index is 2.05. The number of rotatable bonds is 2. The summed E-state index contributed by atoms with van der Waals surface area (Å²) in [5, 5.41) is 0. The SMILES string of the molecule is CC(C)(C)N1P(=[Se])(N2CC[N+](C)(C)CC2)N(C(C)(C)C)P1(=[Se])N1CC[N+](C)(C)CC1. The molecule has 0 amide bonds. The van der Waals surface area contributed by atoms with Crippen LogP contribution in [0.15, 0.2) is 0 Å². The first-order chi connectivity index (χ1) is 13.4. The number of nitrogens with zero attached hydrogens (tertiary/aromatic N) is 6. The van der Waals surface area contributed by atoms with E-state index >= 15 is 0 Å². The van der Waals surface area contributed by atoms with Crippen molar-refractivity contribution < 1.29 is 8.97 Å². The van der Waals surface area contributed by atoms with Gasteiger partial charge in [-0.05, 0) is 0 Å². The Kier molecular flexibility index (Phi) is 7.10. The van der Waals surface area contributed by atoms with E-state index < -0.39 is 11.9 Å². The molecule has 3 aliphatic heterocycles. The molecule has 0 bridgehead atoms. The second kappa shape index (κ2) is 8.11. The van der Waals surface area contributed by atoms with Gasteiger partial charge in [-0.15, -0.1) is 0 Å². The Morgan fingerprint density at radius 1 is 0.567 bits per heavy atom. The molecule has 0 aromatic rings. The molecule has 3 saturated heterocycles. The van der Waals surface area contributed by atoms with E-state index in [0.717, 1.165) is 8.97 Å². The summed E-state index contributed by atoms with van der Waals surface area (Å²) in [6.07, 6.45) is 0. The van der Waals surface area contributed by atoms with Gasteiger partial charge in [-0.25, -0.2) is 0 Å². The van der Waals surface area contributed by atoms with Crippen LogP contribution in [0.2, 0.25) is 0 Å². The van der Waals surface area contributed by atoms with E-state index in [1.54, 1.807) is 0 Å². The third-order valence-corrected chi connectivity index (χ3v) is 26.7. The fourth-order valence-electron chi connectivity index (χ4n) is 4.99. The minimum absolute atomic E-state index is 0.115. The van der Waals surface area contributed by atoms with E-state index in [1.165, 1.54) is 52.4 Å². The molecule has 3 fully saturated rings. The van der Waals surface area contributed by atoms with E-state index in [2.05, 4.69) is 118 Å². The second-order valence-electron chi connectivity index (χ2n) is 12.6. The quantitative estimate of drug-likeness (QED) is 0.279. The van der Waals surface area contributed by atoms with Crippen LogP contribution in [0.4, 0.5) is 0 Å². The molecule has 3 rings (SSSR count). The molecule has 3 heterocycles. The molecule has 0 aliphatic carbocycles. The Hall–Kier alpha value is 1.66. The van der Waals surface area contributed by atoms with Crippen LogP contribution in [0.25, 0.3) is 0 Å². The Bertz CT molecular complexity index is 670. The molecule has 176 valence electrons. The summed E-state index contributed by atoms with van der Waals surface area (Å²) < 4.78 is 13.9. The van der Waals surface area contributed by atoms with Crippen molar-refractivity contribution in [3.63, 3.8) is 0 Å². The van der Waals surface area contributed by atoms with Gasteiger partial charge in [0, 0.05) is 0 Å². The van der Waals surface area contributed by atoms with Crippen molar-refractivity contribution in [2.24, 2.45) is 0 Å². The first-order valence-corrected chi connectivity index (χ1v) is 19.1. The zero-order chi connectivity index (χ0) is 23.0. The van der Waals surface area contributed by atoms with Crippen LogP contribution < -0.4 is 0 Å². The van der Waals surface area contributed by atoms with Gasteiger partial charge < -0.3 is 0 Å². The maximum absolute atomic E-state index is 3.87. The van der Waals surface area contributed by atoms with E-state index in [4.69, 9.17) is 0 Å². The molecular weight excluding hydrogens is 544 g/mol. The third kappa shape index (κ3) is 4.49. The molecule has 0 spiro atoms. The van der Waals surface area contributed by atoms with Crippen LogP contribution in [-0.2, 0) is 0 Å². The summed E-state index contributed by atoms with van der Waals surface area (Å²) in [6, 6.07) is 0. The molecule has 0 unspecified atom stereocenters. The van der Waals surface area contributed by atoms with Crippen molar-refractivity contribution in [3.8, 4) is 0 Å². The van der Waals surface area contributed by atoms with Crippen LogP contribution >= 0.6 is 11.9 Å². The number of piperazine rings is 2. The molecule has 0 aromatic carbocycles. The van der Waals surface area contributed by atoms with Crippen molar-refractivity contribution >= 4 is 42.1 Å². The molecular formula is C20H46N6P2Se2+2. The van der Waals surface area contributed by atoms with Gasteiger partial charge >= 0.3 is 202 Å². The summed E-state index contributed by atoms with van der Waals surface area (Å²) in [5.74, 6) is -3.44. The van der Waals surface area contributed by atoms with Gasteiger partial charge in [0.25, 0.3) is 0 Å². The van der Waals surface area contributed by atoms with Crippen LogP contribution in [0.3, 0.4) is 0 Å². The third-order valence-electron chi connectivity index (χ3n) is 6.78. The van der Waals surface area contributed by atoms with Gasteiger partial charge in [0.15, 0.2) is 0 Å². The Morgan fingerprint density at radius 2 is 0.800 bits per heavy atom. The van der Waals surface area contributed by atoms with Crippen molar-refractivity contribution in [2.75, 3.05) is 80.5 Å². The zero-order valence-electron chi connectivity index (χ0n) is 21.1. The van der Waals surface area contributed by atoms with E-state index in [9.17, 15) is 0 Å².